The standard InChI is InChI=1S/C17H27N3O2.2ClH/c1-13(9-18)17(21)19-10-15-4-3-5-16(8-15)12-20-6-7-22-14(2)11-20;;/h3-5,8,13-14H,6-7,9-12,18H2,1-2H3,(H,19,21);2*1H. The number of carbonyl (C=O) groups is 1. The Morgan fingerprint density at radius 2 is 2.12 bits per heavy atom. The van der Waals surface area contributed by atoms with Crippen LogP contribution in [-0.4, -0.2) is 43.2 Å². The van der Waals surface area contributed by atoms with Gasteiger partial charge in [-0.1, -0.05) is 31.2 Å². The number of amides is 1. The summed E-state index contributed by atoms with van der Waals surface area (Å²) < 4.78 is 5.57. The van der Waals surface area contributed by atoms with Gasteiger partial charge in [0.2, 0.25) is 5.91 Å². The first kappa shape index (κ1) is 23.1. The fourth-order valence-electron chi connectivity index (χ4n) is 2.60. The minimum absolute atomic E-state index is 0. The van der Waals surface area contributed by atoms with Crippen LogP contribution >= 0.6 is 24.8 Å². The van der Waals surface area contributed by atoms with Gasteiger partial charge in [-0.3, -0.25) is 9.69 Å². The molecule has 1 aliphatic heterocycles. The number of nitrogens with zero attached hydrogens (tertiary/aromatic N) is 1. The Kier molecular flexibility index (Phi) is 11.2. The molecule has 0 spiro atoms. The highest BCUT2D eigenvalue weighted by Gasteiger charge is 2.16. The van der Waals surface area contributed by atoms with Crippen LogP contribution in [0, 0.1) is 5.92 Å². The van der Waals surface area contributed by atoms with Gasteiger partial charge in [-0.2, -0.15) is 0 Å². The molecule has 1 saturated heterocycles. The number of carbonyl (C=O) groups excluding carboxylic acids is 1. The van der Waals surface area contributed by atoms with Crippen LogP contribution in [0.1, 0.15) is 25.0 Å². The molecule has 5 nitrogen and oxygen atoms in total. The molecule has 2 rings (SSSR count). The third-order valence-electron chi connectivity index (χ3n) is 3.99. The number of halogens is 2. The van der Waals surface area contributed by atoms with Crippen molar-refractivity contribution in [3.8, 4) is 0 Å². The van der Waals surface area contributed by atoms with Crippen molar-refractivity contribution in [2.45, 2.75) is 33.0 Å². The number of hydrogen-bond donors (Lipinski definition) is 2. The van der Waals surface area contributed by atoms with Gasteiger partial charge in [0.05, 0.1) is 12.7 Å². The molecule has 3 N–H and O–H groups in total. The molecule has 1 aromatic rings. The highest BCUT2D eigenvalue weighted by atomic mass is 35.5. The van der Waals surface area contributed by atoms with E-state index in [1.165, 1.54) is 5.56 Å². The molecule has 0 radical (unpaired) electrons. The first-order valence-electron chi connectivity index (χ1n) is 7.98. The molecule has 0 aliphatic carbocycles. The average molecular weight is 378 g/mol. The largest absolute Gasteiger partial charge is 0.376 e. The van der Waals surface area contributed by atoms with Crippen molar-refractivity contribution < 1.29 is 9.53 Å². The highest BCUT2D eigenvalue weighted by molar-refractivity contribution is 5.85. The molecule has 2 unspecified atom stereocenters. The second kappa shape index (κ2) is 11.7. The van der Waals surface area contributed by atoms with Crippen LogP contribution < -0.4 is 11.1 Å². The average Bonchev–Trinajstić information content (AvgIpc) is 2.52. The lowest BCUT2D eigenvalue weighted by Crippen LogP contribution is -2.40. The van der Waals surface area contributed by atoms with E-state index >= 15 is 0 Å². The zero-order valence-electron chi connectivity index (χ0n) is 14.4. The molecule has 1 fully saturated rings. The Labute approximate surface area is 157 Å². The predicted molar refractivity (Wildman–Crippen MR) is 102 cm³/mol. The summed E-state index contributed by atoms with van der Waals surface area (Å²) >= 11 is 0. The summed E-state index contributed by atoms with van der Waals surface area (Å²) in [6.45, 7) is 8.54. The Morgan fingerprint density at radius 1 is 1.42 bits per heavy atom. The normalized spacial score (nSPS) is 18.9. The number of benzene rings is 1. The second-order valence-electron chi connectivity index (χ2n) is 6.09. The summed E-state index contributed by atoms with van der Waals surface area (Å²) in [5, 5.41) is 2.94. The third kappa shape index (κ3) is 7.36. The van der Waals surface area contributed by atoms with E-state index in [0.29, 0.717) is 19.2 Å². The SMILES string of the molecule is CC1CN(Cc2cccc(CNC(=O)C(C)CN)c2)CCO1.Cl.Cl. The Balaban J connectivity index is 0.00000264. The maximum atomic E-state index is 11.8. The molecule has 1 aromatic carbocycles. The summed E-state index contributed by atoms with van der Waals surface area (Å²) in [4.78, 5) is 14.2. The molecule has 0 bridgehead atoms. The van der Waals surface area contributed by atoms with Gasteiger partial charge in [0.1, 0.15) is 0 Å². The van der Waals surface area contributed by atoms with Crippen LogP contribution in [0.5, 0.6) is 0 Å². The van der Waals surface area contributed by atoms with Gasteiger partial charge in [0.15, 0.2) is 0 Å². The van der Waals surface area contributed by atoms with E-state index in [1.54, 1.807) is 0 Å². The highest BCUT2D eigenvalue weighted by Crippen LogP contribution is 2.12. The molecule has 2 atom stereocenters. The molecule has 0 aromatic heterocycles. The molecular weight excluding hydrogens is 349 g/mol. The zero-order valence-corrected chi connectivity index (χ0v) is 16.0. The number of hydrogen-bond acceptors (Lipinski definition) is 4. The number of morpholine rings is 1. The molecule has 24 heavy (non-hydrogen) atoms. The summed E-state index contributed by atoms with van der Waals surface area (Å²) in [7, 11) is 0. The van der Waals surface area contributed by atoms with Crippen LogP contribution in [0.3, 0.4) is 0 Å². The third-order valence-corrected chi connectivity index (χ3v) is 3.99. The van der Waals surface area contributed by atoms with Crippen molar-refractivity contribution >= 4 is 30.7 Å². The zero-order chi connectivity index (χ0) is 15.9. The Hall–Kier alpha value is -0.850. The van der Waals surface area contributed by atoms with Crippen molar-refractivity contribution in [1.82, 2.24) is 10.2 Å². The van der Waals surface area contributed by atoms with E-state index in [2.05, 4.69) is 29.3 Å². The minimum atomic E-state index is -0.141. The molecule has 1 amide bonds. The number of rotatable bonds is 6. The fraction of sp³-hybridized carbons (Fsp3) is 0.588. The second-order valence-corrected chi connectivity index (χ2v) is 6.09. The van der Waals surface area contributed by atoms with E-state index in [4.69, 9.17) is 10.5 Å². The molecule has 138 valence electrons. The van der Waals surface area contributed by atoms with Crippen LogP contribution in [0.15, 0.2) is 24.3 Å². The summed E-state index contributed by atoms with van der Waals surface area (Å²) in [6, 6.07) is 8.38. The van der Waals surface area contributed by atoms with Crippen LogP contribution in [-0.2, 0) is 22.6 Å². The van der Waals surface area contributed by atoms with Crippen molar-refractivity contribution in [3.63, 3.8) is 0 Å². The Bertz CT molecular complexity index is 502. The lowest BCUT2D eigenvalue weighted by atomic mass is 10.1. The van der Waals surface area contributed by atoms with Gasteiger partial charge in [-0.05, 0) is 18.1 Å². The quantitative estimate of drug-likeness (QED) is 0.794. The summed E-state index contributed by atoms with van der Waals surface area (Å²) in [6.07, 6.45) is 0.300. The van der Waals surface area contributed by atoms with E-state index < -0.39 is 0 Å². The minimum Gasteiger partial charge on any atom is -0.376 e. The maximum absolute atomic E-state index is 11.8. The predicted octanol–water partition coefficient (Wildman–Crippen LogP) is 1.96. The van der Waals surface area contributed by atoms with E-state index in [9.17, 15) is 4.79 Å². The number of nitrogens with one attached hydrogen (secondary N) is 1. The maximum Gasteiger partial charge on any atom is 0.224 e. The number of ether oxygens (including phenoxy) is 1. The van der Waals surface area contributed by atoms with Gasteiger partial charge in [0.25, 0.3) is 0 Å². The van der Waals surface area contributed by atoms with Crippen molar-refractivity contribution in [2.75, 3.05) is 26.2 Å². The lowest BCUT2D eigenvalue weighted by Gasteiger charge is -2.31. The molecule has 1 aliphatic rings. The summed E-state index contributed by atoms with van der Waals surface area (Å²) in [5.74, 6) is -0.132. The molecule has 0 saturated carbocycles. The summed E-state index contributed by atoms with van der Waals surface area (Å²) in [5.41, 5.74) is 7.90. The van der Waals surface area contributed by atoms with Gasteiger partial charge < -0.3 is 15.8 Å². The molecule has 7 heteroatoms. The molecule has 1 heterocycles. The Morgan fingerprint density at radius 3 is 2.79 bits per heavy atom. The van der Waals surface area contributed by atoms with Gasteiger partial charge in [-0.15, -0.1) is 24.8 Å². The van der Waals surface area contributed by atoms with Crippen molar-refractivity contribution in [1.29, 1.82) is 0 Å². The molecular formula is C17H29Cl2N3O2. The van der Waals surface area contributed by atoms with Crippen molar-refractivity contribution in [3.05, 3.63) is 35.4 Å². The first-order chi connectivity index (χ1) is 10.6. The van der Waals surface area contributed by atoms with Gasteiger partial charge >= 0.3 is 0 Å². The van der Waals surface area contributed by atoms with E-state index in [-0.39, 0.29) is 36.6 Å². The monoisotopic (exact) mass is 377 g/mol. The van der Waals surface area contributed by atoms with Gasteiger partial charge in [0, 0.05) is 38.6 Å². The van der Waals surface area contributed by atoms with Gasteiger partial charge in [-0.25, -0.2) is 0 Å². The van der Waals surface area contributed by atoms with Crippen LogP contribution in [0.25, 0.3) is 0 Å². The van der Waals surface area contributed by atoms with Crippen LogP contribution in [0.2, 0.25) is 0 Å². The fourth-order valence-corrected chi connectivity index (χ4v) is 2.60. The van der Waals surface area contributed by atoms with Crippen molar-refractivity contribution in [2.24, 2.45) is 11.7 Å². The topological polar surface area (TPSA) is 67.6 Å². The number of nitrogens with two attached hydrogens (primary N) is 1. The first-order valence-corrected chi connectivity index (χ1v) is 7.98. The smallest absolute Gasteiger partial charge is 0.224 e. The van der Waals surface area contributed by atoms with E-state index in [0.717, 1.165) is 31.8 Å². The van der Waals surface area contributed by atoms with Crippen LogP contribution in [0.4, 0.5) is 0 Å². The van der Waals surface area contributed by atoms with E-state index in [1.807, 2.05) is 19.1 Å². The lowest BCUT2D eigenvalue weighted by molar-refractivity contribution is -0.124.